The van der Waals surface area contributed by atoms with Gasteiger partial charge < -0.3 is 5.32 Å². The van der Waals surface area contributed by atoms with Crippen LogP contribution >= 0.6 is 0 Å². The molecule has 0 aromatic heterocycles. The van der Waals surface area contributed by atoms with Gasteiger partial charge in [-0.1, -0.05) is 6.08 Å². The lowest BCUT2D eigenvalue weighted by Gasteiger charge is -2.18. The van der Waals surface area contributed by atoms with E-state index in [1.807, 2.05) is 6.08 Å². The third-order valence-electron chi connectivity index (χ3n) is 1.64. The van der Waals surface area contributed by atoms with E-state index in [2.05, 4.69) is 11.9 Å². The van der Waals surface area contributed by atoms with Gasteiger partial charge in [-0.2, -0.15) is 0 Å². The van der Waals surface area contributed by atoms with Crippen LogP contribution in [0.3, 0.4) is 0 Å². The SMILES string of the molecule is C=C[C@@H]1CCC(=O)NC1. The summed E-state index contributed by atoms with van der Waals surface area (Å²) in [4.78, 5) is 10.6. The average Bonchev–Trinajstić information content (AvgIpc) is 1.90. The molecule has 1 heterocycles. The number of piperidine rings is 1. The Morgan fingerprint density at radius 3 is 3.00 bits per heavy atom. The van der Waals surface area contributed by atoms with E-state index < -0.39 is 0 Å². The highest BCUT2D eigenvalue weighted by atomic mass is 16.1. The molecule has 0 bridgehead atoms. The summed E-state index contributed by atoms with van der Waals surface area (Å²) in [7, 11) is 0. The highest BCUT2D eigenvalue weighted by Gasteiger charge is 2.13. The van der Waals surface area contributed by atoms with E-state index in [1.54, 1.807) is 0 Å². The summed E-state index contributed by atoms with van der Waals surface area (Å²) in [6.07, 6.45) is 3.53. The van der Waals surface area contributed by atoms with Gasteiger partial charge in [0.1, 0.15) is 0 Å². The predicted molar refractivity (Wildman–Crippen MR) is 35.9 cm³/mol. The average molecular weight is 125 g/mol. The first-order valence-electron chi connectivity index (χ1n) is 3.22. The number of carbonyl (C=O) groups excluding carboxylic acids is 1. The standard InChI is InChI=1S/C7H11NO/c1-2-6-3-4-7(9)8-5-6/h2,6H,1,3-5H2,(H,8,9)/t6-/m1/s1. The van der Waals surface area contributed by atoms with Crippen molar-refractivity contribution in [3.05, 3.63) is 12.7 Å². The van der Waals surface area contributed by atoms with Crippen LogP contribution in [0.25, 0.3) is 0 Å². The Morgan fingerprint density at radius 2 is 2.56 bits per heavy atom. The van der Waals surface area contributed by atoms with E-state index in [-0.39, 0.29) is 5.91 Å². The fraction of sp³-hybridized carbons (Fsp3) is 0.571. The van der Waals surface area contributed by atoms with Gasteiger partial charge in [-0.15, -0.1) is 6.58 Å². The molecule has 0 radical (unpaired) electrons. The molecule has 1 amide bonds. The fourth-order valence-electron chi connectivity index (χ4n) is 0.953. The van der Waals surface area contributed by atoms with Crippen LogP contribution in [-0.4, -0.2) is 12.5 Å². The van der Waals surface area contributed by atoms with Gasteiger partial charge in [-0.3, -0.25) is 4.79 Å². The van der Waals surface area contributed by atoms with Crippen molar-refractivity contribution in [2.24, 2.45) is 5.92 Å². The highest BCUT2D eigenvalue weighted by Crippen LogP contribution is 2.10. The number of hydrogen-bond donors (Lipinski definition) is 1. The van der Waals surface area contributed by atoms with Gasteiger partial charge in [0.05, 0.1) is 0 Å². The Bertz CT molecular complexity index is 121. The molecule has 0 spiro atoms. The molecule has 1 atom stereocenters. The van der Waals surface area contributed by atoms with E-state index in [0.717, 1.165) is 13.0 Å². The van der Waals surface area contributed by atoms with Crippen molar-refractivity contribution in [2.45, 2.75) is 12.8 Å². The molecule has 0 aromatic carbocycles. The van der Waals surface area contributed by atoms with Crippen molar-refractivity contribution in [1.82, 2.24) is 5.32 Å². The molecule has 9 heavy (non-hydrogen) atoms. The summed E-state index contributed by atoms with van der Waals surface area (Å²) in [5, 5.41) is 2.77. The molecule has 1 saturated heterocycles. The van der Waals surface area contributed by atoms with Crippen LogP contribution < -0.4 is 5.32 Å². The van der Waals surface area contributed by atoms with Crippen LogP contribution in [0.2, 0.25) is 0 Å². The van der Waals surface area contributed by atoms with E-state index in [1.165, 1.54) is 0 Å². The lowest BCUT2D eigenvalue weighted by Crippen LogP contribution is -2.33. The van der Waals surface area contributed by atoms with Gasteiger partial charge in [-0.25, -0.2) is 0 Å². The van der Waals surface area contributed by atoms with Gasteiger partial charge in [0.25, 0.3) is 0 Å². The summed E-state index contributed by atoms with van der Waals surface area (Å²) in [6, 6.07) is 0. The smallest absolute Gasteiger partial charge is 0.220 e. The summed E-state index contributed by atoms with van der Waals surface area (Å²) in [5.74, 6) is 0.677. The minimum Gasteiger partial charge on any atom is -0.356 e. The first kappa shape index (κ1) is 6.33. The van der Waals surface area contributed by atoms with Crippen LogP contribution in [0.5, 0.6) is 0 Å². The van der Waals surface area contributed by atoms with Gasteiger partial charge in [0, 0.05) is 13.0 Å². The largest absolute Gasteiger partial charge is 0.356 e. The van der Waals surface area contributed by atoms with Crippen molar-refractivity contribution >= 4 is 5.91 Å². The molecule has 1 aliphatic rings. The van der Waals surface area contributed by atoms with Crippen LogP contribution in [0.4, 0.5) is 0 Å². The lowest BCUT2D eigenvalue weighted by molar-refractivity contribution is -0.122. The van der Waals surface area contributed by atoms with Crippen LogP contribution in [0.15, 0.2) is 12.7 Å². The number of nitrogens with one attached hydrogen (secondary N) is 1. The molecule has 1 fully saturated rings. The van der Waals surface area contributed by atoms with Gasteiger partial charge in [0.2, 0.25) is 5.91 Å². The molecular weight excluding hydrogens is 114 g/mol. The Labute approximate surface area is 54.9 Å². The lowest BCUT2D eigenvalue weighted by atomic mass is 10.00. The van der Waals surface area contributed by atoms with Crippen molar-refractivity contribution in [3.63, 3.8) is 0 Å². The number of carbonyl (C=O) groups is 1. The summed E-state index contributed by atoms with van der Waals surface area (Å²) in [5.41, 5.74) is 0. The molecule has 0 saturated carbocycles. The molecule has 50 valence electrons. The maximum Gasteiger partial charge on any atom is 0.220 e. The molecule has 1 aliphatic heterocycles. The van der Waals surface area contributed by atoms with Gasteiger partial charge >= 0.3 is 0 Å². The van der Waals surface area contributed by atoms with Gasteiger partial charge in [0.15, 0.2) is 0 Å². The Hall–Kier alpha value is -0.790. The normalized spacial score (nSPS) is 27.1. The maximum atomic E-state index is 10.6. The maximum absolute atomic E-state index is 10.6. The Morgan fingerprint density at radius 1 is 1.78 bits per heavy atom. The zero-order valence-electron chi connectivity index (χ0n) is 5.39. The Balaban J connectivity index is 2.34. The van der Waals surface area contributed by atoms with Crippen molar-refractivity contribution in [2.75, 3.05) is 6.54 Å². The van der Waals surface area contributed by atoms with Crippen LogP contribution in [-0.2, 0) is 4.79 Å². The summed E-state index contributed by atoms with van der Waals surface area (Å²) < 4.78 is 0. The van der Waals surface area contributed by atoms with Gasteiger partial charge in [-0.05, 0) is 12.3 Å². The third kappa shape index (κ3) is 1.56. The third-order valence-corrected chi connectivity index (χ3v) is 1.64. The molecule has 0 unspecified atom stereocenters. The first-order chi connectivity index (χ1) is 4.33. The quantitative estimate of drug-likeness (QED) is 0.513. The Kier molecular flexibility index (Phi) is 1.88. The number of amides is 1. The van der Waals surface area contributed by atoms with Crippen molar-refractivity contribution in [3.8, 4) is 0 Å². The molecule has 0 aliphatic carbocycles. The molecule has 2 nitrogen and oxygen atoms in total. The van der Waals surface area contributed by atoms with E-state index in [4.69, 9.17) is 0 Å². The second-order valence-electron chi connectivity index (χ2n) is 2.34. The van der Waals surface area contributed by atoms with E-state index >= 15 is 0 Å². The predicted octanol–water partition coefficient (Wildman–Crippen LogP) is 0.699. The minimum absolute atomic E-state index is 0.174. The first-order valence-corrected chi connectivity index (χ1v) is 3.22. The highest BCUT2D eigenvalue weighted by molar-refractivity contribution is 5.76. The molecular formula is C7H11NO. The van der Waals surface area contributed by atoms with Crippen molar-refractivity contribution < 1.29 is 4.79 Å². The monoisotopic (exact) mass is 125 g/mol. The second-order valence-corrected chi connectivity index (χ2v) is 2.34. The number of hydrogen-bond acceptors (Lipinski definition) is 1. The van der Waals surface area contributed by atoms with Crippen LogP contribution in [0, 0.1) is 5.92 Å². The number of rotatable bonds is 1. The zero-order valence-corrected chi connectivity index (χ0v) is 5.39. The summed E-state index contributed by atoms with van der Waals surface area (Å²) in [6.45, 7) is 4.44. The molecule has 1 rings (SSSR count). The minimum atomic E-state index is 0.174. The zero-order chi connectivity index (χ0) is 6.69. The van der Waals surface area contributed by atoms with E-state index in [9.17, 15) is 4.79 Å². The molecule has 2 heteroatoms. The second kappa shape index (κ2) is 2.67. The fourth-order valence-corrected chi connectivity index (χ4v) is 0.953. The topological polar surface area (TPSA) is 29.1 Å². The van der Waals surface area contributed by atoms with Crippen molar-refractivity contribution in [1.29, 1.82) is 0 Å². The molecule has 1 N–H and O–H groups in total. The van der Waals surface area contributed by atoms with E-state index in [0.29, 0.717) is 12.3 Å². The van der Waals surface area contributed by atoms with Crippen LogP contribution in [0.1, 0.15) is 12.8 Å². The summed E-state index contributed by atoms with van der Waals surface area (Å²) >= 11 is 0. The molecule has 0 aromatic rings.